The van der Waals surface area contributed by atoms with E-state index in [0.717, 1.165) is 78.5 Å². The molecule has 0 spiro atoms. The van der Waals surface area contributed by atoms with Crippen molar-refractivity contribution < 1.29 is 41.3 Å². The quantitative estimate of drug-likeness (QED) is 0.0165. The summed E-state index contributed by atoms with van der Waals surface area (Å²) in [6.07, 6.45) is 0. The zero-order chi connectivity index (χ0) is 69.4. The first-order chi connectivity index (χ1) is 47.8. The van der Waals surface area contributed by atoms with Crippen molar-refractivity contribution in [3.8, 4) is 11.5 Å². The Kier molecular flexibility index (Phi) is 23.0. The summed E-state index contributed by atoms with van der Waals surface area (Å²) in [7, 11) is -9.98. The summed E-state index contributed by atoms with van der Waals surface area (Å²) < 4.78 is 72.6. The first-order valence-corrected chi connectivity index (χ1v) is 35.3. The van der Waals surface area contributed by atoms with Crippen LogP contribution in [0.15, 0.2) is 132 Å². The highest BCUT2D eigenvalue weighted by molar-refractivity contribution is 7.86. The number of piperazine rings is 4. The molecule has 37 heteroatoms. The predicted molar refractivity (Wildman–Crippen MR) is 385 cm³/mol. The Labute approximate surface area is 583 Å². The van der Waals surface area contributed by atoms with E-state index in [1.807, 2.05) is 0 Å². The molecule has 0 radical (unpaired) electrons. The van der Waals surface area contributed by atoms with E-state index < -0.39 is 58.8 Å². The molecule has 530 valence electrons. The number of phenolic OH excluding ortho intramolecular Hbond substituents is 2. The van der Waals surface area contributed by atoms with Crippen LogP contribution in [0.1, 0.15) is 5.56 Å². The van der Waals surface area contributed by atoms with Gasteiger partial charge in [-0.1, -0.05) is 0 Å². The van der Waals surface area contributed by atoms with Gasteiger partial charge in [0.2, 0.25) is 41.6 Å². The van der Waals surface area contributed by atoms with Crippen molar-refractivity contribution in [3.63, 3.8) is 0 Å². The number of phenols is 2. The molecule has 0 bridgehead atoms. The van der Waals surface area contributed by atoms with Gasteiger partial charge >= 0.3 is 0 Å². The second-order valence-electron chi connectivity index (χ2n) is 24.1. The summed E-state index contributed by atoms with van der Waals surface area (Å²) >= 11 is 0. The highest BCUT2D eigenvalue weighted by atomic mass is 35.5. The number of fused-ring (bicyclic) bond motifs is 2. The number of halogens is 1. The van der Waals surface area contributed by atoms with Crippen molar-refractivity contribution in [3.05, 3.63) is 103 Å². The van der Waals surface area contributed by atoms with Crippen LogP contribution in [-0.4, -0.2) is 254 Å². The Morgan fingerprint density at radius 1 is 0.420 bits per heavy atom. The van der Waals surface area contributed by atoms with E-state index in [2.05, 4.69) is 75.3 Å². The number of nitrogens with one attached hydrogen (secondary N) is 2. The van der Waals surface area contributed by atoms with Crippen LogP contribution in [-0.2, 0) is 20.2 Å². The van der Waals surface area contributed by atoms with Crippen LogP contribution in [0.5, 0.6) is 11.5 Å². The molecule has 0 amide bonds. The van der Waals surface area contributed by atoms with Crippen LogP contribution in [0.4, 0.5) is 75.5 Å². The second kappa shape index (κ2) is 31.9. The molecule has 34 nitrogen and oxygen atoms in total. The Hall–Kier alpha value is -9.28. The number of aromatic hydroxyl groups is 2. The van der Waals surface area contributed by atoms with Crippen LogP contribution in [0.3, 0.4) is 0 Å². The molecule has 0 aliphatic carbocycles. The topological polar surface area (TPSA) is 463 Å². The smallest absolute Gasteiger partial charge is 0.296 e. The van der Waals surface area contributed by atoms with E-state index in [1.54, 1.807) is 36.4 Å². The predicted octanol–water partition coefficient (Wildman–Crippen LogP) is 4.97. The zero-order valence-corrected chi connectivity index (χ0v) is 57.1. The Bertz CT molecular complexity index is 4450. The fourth-order valence-corrected chi connectivity index (χ4v) is 13.5. The Balaban J connectivity index is 0.0000101. The van der Waals surface area contributed by atoms with Crippen molar-refractivity contribution in [2.45, 2.75) is 9.79 Å². The van der Waals surface area contributed by atoms with E-state index >= 15 is 0 Å². The van der Waals surface area contributed by atoms with Crippen LogP contribution >= 0.6 is 12.4 Å². The van der Waals surface area contributed by atoms with Gasteiger partial charge in [0.15, 0.2) is 11.5 Å². The minimum absolute atomic E-state index is 0. The van der Waals surface area contributed by atoms with E-state index in [1.165, 1.54) is 60.7 Å². The van der Waals surface area contributed by atoms with Crippen molar-refractivity contribution in [2.24, 2.45) is 48.4 Å². The van der Waals surface area contributed by atoms with Crippen LogP contribution in [0, 0.1) is 0 Å². The third-order valence-corrected chi connectivity index (χ3v) is 19.3. The molecule has 8 aromatic rings. The second-order valence-corrected chi connectivity index (χ2v) is 26.9. The van der Waals surface area contributed by atoms with Gasteiger partial charge in [0.05, 0.1) is 17.1 Å². The Morgan fingerprint density at radius 3 is 1.04 bits per heavy atom. The maximum absolute atomic E-state index is 12.9. The van der Waals surface area contributed by atoms with Gasteiger partial charge in [-0.05, 0) is 108 Å². The number of aliphatic hydroxyl groups is 1. The average molecular weight is 1430 g/mol. The number of aliphatic hydroxyl groups excluding tert-OH is 1. The van der Waals surface area contributed by atoms with Gasteiger partial charge in [-0.15, -0.1) is 22.6 Å². The number of anilines is 8. The lowest BCUT2D eigenvalue weighted by atomic mass is 10.1. The molecule has 4 aliphatic heterocycles. The molecule has 4 aliphatic rings. The van der Waals surface area contributed by atoms with Gasteiger partial charge in [0.1, 0.15) is 21.2 Å². The van der Waals surface area contributed by atoms with Gasteiger partial charge < -0.3 is 68.5 Å². The molecule has 12 rings (SSSR count). The number of rotatable bonds is 24. The molecule has 100 heavy (non-hydrogen) atoms. The van der Waals surface area contributed by atoms with Gasteiger partial charge in [-0.3, -0.25) is 28.7 Å². The number of aromatic nitrogens is 6. The molecule has 15 N–H and O–H groups in total. The number of nitrogens with zero attached hydrogens (tertiary/aromatic N) is 19. The number of hydrogen-bond donors (Lipinski definition) is 11. The zero-order valence-electron chi connectivity index (χ0n) is 54.6. The highest BCUT2D eigenvalue weighted by Crippen LogP contribution is 2.44. The fourth-order valence-electron chi connectivity index (χ4n) is 12.2. The molecule has 6 aromatic carbocycles. The van der Waals surface area contributed by atoms with Gasteiger partial charge in [-0.2, -0.15) is 57.0 Å². The minimum atomic E-state index is -4.99. The first kappa shape index (κ1) is 72.0. The first-order valence-electron chi connectivity index (χ1n) is 32.4. The van der Waals surface area contributed by atoms with Crippen LogP contribution in [0.25, 0.3) is 21.5 Å². The summed E-state index contributed by atoms with van der Waals surface area (Å²) in [6, 6.07) is 23.8. The number of hydrogen-bond acceptors (Lipinski definition) is 31. The Morgan fingerprint density at radius 2 is 0.730 bits per heavy atom. The number of aliphatic imine (C=N–C) groups is 1. The van der Waals surface area contributed by atoms with Gasteiger partial charge in [0.25, 0.3) is 20.2 Å². The SMILES string of the molecule is Cl.NCCN1CCN(c2nc(Nc3ccc4c(O)c(N=Nc5ccc(N=C(O)c6ccc(N=Nc7c(S(=O)(=O)O)cc8cc(Nc9nc(N%10CCN(CCN)CC%10)nc(N%10CCN(CCN)CC%10)n9)ccc8c7O)cc6)cc5)c(S(=O)(=O)O)cc4c3)nc(N3CCN(CCN)CC3)n2)CC1. The standard InChI is InChI=1S/C63H79N25O9S2.ClH/c64-13-17-81-21-29-85(30-22-81)60-71-58(72-61(75-60)86-31-23-82(18-14-65)24-32-86)69-47-9-11-49-42(37-47)39-51(98(92,93)94)53(55(49)89)79-77-45-3-1-41(2-4-45)57(91)68-44-5-7-46(8-6-44)78-80-54-52(99(95,96)97)40-43-38-48(10-12-50(43)56(54)90)70-59-73-62(87-33-25-83(19-15-66)26-34-87)76-63(74-59)88-35-27-84(20-16-67)28-36-88;/h1-12,37-40,89-90H,13-36,64-67H2,(H,68,91)(H,92,93,94)(H,95,96,97)(H,69,71,72,75)(H,70,73,74,76);1H. The monoisotopic (exact) mass is 1430 g/mol. The average Bonchev–Trinajstić information content (AvgIpc) is 0.812. The summed E-state index contributed by atoms with van der Waals surface area (Å²) in [4.78, 5) is 49.5. The third-order valence-electron chi connectivity index (χ3n) is 17.5. The lowest BCUT2D eigenvalue weighted by Gasteiger charge is -2.36. The number of nitrogens with two attached hydrogens (primary N) is 4. The highest BCUT2D eigenvalue weighted by Gasteiger charge is 2.29. The summed E-state index contributed by atoms with van der Waals surface area (Å²) in [5.74, 6) is 0.960. The van der Waals surface area contributed by atoms with E-state index in [9.17, 15) is 41.3 Å². The van der Waals surface area contributed by atoms with E-state index in [-0.39, 0.29) is 68.5 Å². The van der Waals surface area contributed by atoms with Crippen molar-refractivity contribution in [1.29, 1.82) is 0 Å². The number of azo groups is 2. The fraction of sp³-hybridized carbons (Fsp3) is 0.381. The summed E-state index contributed by atoms with van der Waals surface area (Å²) in [5, 5.41) is 58.0. The molecular formula is C63H80ClN25O9S2. The molecule has 6 heterocycles. The summed E-state index contributed by atoms with van der Waals surface area (Å²) in [5.41, 5.74) is 24.1. The lowest BCUT2D eigenvalue weighted by Crippen LogP contribution is -2.49. The third kappa shape index (κ3) is 17.3. The molecule has 0 saturated carbocycles. The summed E-state index contributed by atoms with van der Waals surface area (Å²) in [6.45, 7) is 17.2. The molecule has 4 fully saturated rings. The van der Waals surface area contributed by atoms with Crippen molar-refractivity contribution in [2.75, 3.05) is 187 Å². The minimum Gasteiger partial charge on any atom is -0.505 e. The van der Waals surface area contributed by atoms with Crippen molar-refractivity contribution in [1.82, 2.24) is 49.5 Å². The van der Waals surface area contributed by atoms with E-state index in [0.29, 0.717) is 114 Å². The maximum atomic E-state index is 12.9. The lowest BCUT2D eigenvalue weighted by molar-refractivity contribution is 0.262. The molecule has 0 atom stereocenters. The van der Waals surface area contributed by atoms with E-state index in [4.69, 9.17) is 52.8 Å². The van der Waals surface area contributed by atoms with Gasteiger partial charge in [0, 0.05) is 185 Å². The molecule has 0 unspecified atom stereocenters. The largest absolute Gasteiger partial charge is 0.505 e. The normalized spacial score (nSPS) is 16.7. The molecule has 2 aromatic heterocycles. The van der Waals surface area contributed by atoms with Crippen LogP contribution in [0.2, 0.25) is 0 Å². The number of benzene rings is 6. The molecule has 4 saturated heterocycles. The maximum Gasteiger partial charge on any atom is 0.296 e. The van der Waals surface area contributed by atoms with Crippen LogP contribution < -0.4 is 53.2 Å². The van der Waals surface area contributed by atoms with Gasteiger partial charge in [-0.25, -0.2) is 4.99 Å². The molecular weight excluding hydrogens is 1350 g/mol. The van der Waals surface area contributed by atoms with Crippen molar-refractivity contribution >= 4 is 136 Å².